The summed E-state index contributed by atoms with van der Waals surface area (Å²) in [4.78, 5) is 3.94. The van der Waals surface area contributed by atoms with Gasteiger partial charge in [-0.25, -0.2) is 20.0 Å². The minimum atomic E-state index is -1.80. The third-order valence-electron chi connectivity index (χ3n) is 3.41. The van der Waals surface area contributed by atoms with Crippen LogP contribution in [0.3, 0.4) is 0 Å². The molecule has 0 saturated carbocycles. The number of aliphatic hydroxyl groups is 2. The monoisotopic (exact) mass is 342 g/mol. The van der Waals surface area contributed by atoms with Gasteiger partial charge in [-0.3, -0.25) is 10.0 Å². The summed E-state index contributed by atoms with van der Waals surface area (Å²) in [6.45, 7) is -0.453. The predicted octanol–water partition coefficient (Wildman–Crippen LogP) is -1.07. The molecule has 1 atom stereocenters. The van der Waals surface area contributed by atoms with E-state index in [-0.39, 0.29) is 24.4 Å². The molecular weight excluding hydrogens is 322 g/mol. The summed E-state index contributed by atoms with van der Waals surface area (Å²) in [5.41, 5.74) is 6.48. The fourth-order valence-electron chi connectivity index (χ4n) is 2.38. The van der Waals surface area contributed by atoms with Crippen molar-refractivity contribution in [1.82, 2.24) is 15.4 Å². The van der Waals surface area contributed by atoms with E-state index < -0.39 is 23.8 Å². The fourth-order valence-corrected chi connectivity index (χ4v) is 2.38. The van der Waals surface area contributed by atoms with Gasteiger partial charge in [-0.15, -0.1) is 0 Å². The Morgan fingerprint density at radius 3 is 2.83 bits per heavy atom. The van der Waals surface area contributed by atoms with Gasteiger partial charge in [0.25, 0.3) is 0 Å². The smallest absolute Gasteiger partial charge is 0.132 e. The van der Waals surface area contributed by atoms with Crippen molar-refractivity contribution in [2.45, 2.75) is 5.60 Å². The number of hydrazine groups is 2. The number of hydrogen-bond acceptors (Lipinski definition) is 8. The number of nitrogens with two attached hydrogens (primary N) is 2. The van der Waals surface area contributed by atoms with Gasteiger partial charge in [0, 0.05) is 17.8 Å². The lowest BCUT2D eigenvalue weighted by Gasteiger charge is -2.35. The molecule has 1 unspecified atom stereocenters. The molecule has 0 aromatic heterocycles. The molecule has 24 heavy (non-hydrogen) atoms. The van der Waals surface area contributed by atoms with Crippen LogP contribution in [0, 0.1) is 11.6 Å². The van der Waals surface area contributed by atoms with Crippen LogP contribution in [0.15, 0.2) is 35.1 Å². The third-order valence-corrected chi connectivity index (χ3v) is 3.41. The first kappa shape index (κ1) is 18.1. The Hall–Kier alpha value is -2.27. The molecular formula is C14H20F2N6O2. The number of nitrogens with zero attached hydrogens (tertiary/aromatic N) is 3. The van der Waals surface area contributed by atoms with E-state index in [0.29, 0.717) is 12.7 Å². The molecule has 0 radical (unpaired) electrons. The minimum absolute atomic E-state index is 0.0697. The average Bonchev–Trinajstić information content (AvgIpc) is 2.98. The highest BCUT2D eigenvalue weighted by Crippen LogP contribution is 2.26. The first-order chi connectivity index (χ1) is 11.3. The number of benzene rings is 1. The van der Waals surface area contributed by atoms with E-state index in [0.717, 1.165) is 17.1 Å². The maximum absolute atomic E-state index is 14.2. The molecule has 0 fully saturated rings. The molecule has 1 aliphatic rings. The van der Waals surface area contributed by atoms with Crippen LogP contribution in [0.4, 0.5) is 8.78 Å². The van der Waals surface area contributed by atoms with E-state index in [4.69, 9.17) is 16.7 Å². The van der Waals surface area contributed by atoms with Gasteiger partial charge in [0.1, 0.15) is 30.2 Å². The second-order valence-corrected chi connectivity index (χ2v) is 5.43. The largest absolute Gasteiger partial charge is 0.399 e. The molecule has 1 aromatic carbocycles. The first-order valence-corrected chi connectivity index (χ1v) is 7.10. The molecule has 0 bridgehead atoms. The molecule has 7 N–H and O–H groups in total. The molecule has 2 rings (SSSR count). The molecule has 0 spiro atoms. The first-order valence-electron chi connectivity index (χ1n) is 7.10. The van der Waals surface area contributed by atoms with Crippen molar-refractivity contribution in [2.24, 2.45) is 16.6 Å². The van der Waals surface area contributed by atoms with Gasteiger partial charge in [0.2, 0.25) is 0 Å². The number of rotatable bonds is 7. The molecule has 1 heterocycles. The highest BCUT2D eigenvalue weighted by Gasteiger charge is 2.36. The number of nitrogens with one attached hydrogen (secondary N) is 1. The number of aliphatic hydroxyl groups excluding tert-OH is 1. The number of aliphatic imine (C=N–C) groups is 1. The van der Waals surface area contributed by atoms with E-state index >= 15 is 0 Å². The van der Waals surface area contributed by atoms with Crippen LogP contribution < -0.4 is 17.0 Å². The molecule has 132 valence electrons. The van der Waals surface area contributed by atoms with Gasteiger partial charge in [-0.05, 0) is 6.07 Å². The maximum atomic E-state index is 14.2. The van der Waals surface area contributed by atoms with Crippen molar-refractivity contribution in [3.63, 3.8) is 0 Å². The van der Waals surface area contributed by atoms with Crippen LogP contribution in [0.5, 0.6) is 0 Å². The summed E-state index contributed by atoms with van der Waals surface area (Å²) in [6.07, 6.45) is 2.67. The summed E-state index contributed by atoms with van der Waals surface area (Å²) in [5.74, 6) is 4.11. The van der Waals surface area contributed by atoms with Crippen molar-refractivity contribution in [2.75, 3.05) is 26.4 Å². The van der Waals surface area contributed by atoms with Crippen LogP contribution in [0.2, 0.25) is 0 Å². The SMILES string of the molecule is N/C(=C\N(N)CC(O)(CN1C=NCN1)c1ccc(F)cc1F)CO. The molecule has 10 heteroatoms. The quantitative estimate of drug-likeness (QED) is 0.316. The van der Waals surface area contributed by atoms with Gasteiger partial charge in [-0.1, -0.05) is 6.07 Å². The van der Waals surface area contributed by atoms with E-state index in [9.17, 15) is 13.9 Å². The summed E-state index contributed by atoms with van der Waals surface area (Å²) in [5, 5.41) is 22.4. The topological polar surface area (TPSA) is 123 Å². The average molecular weight is 342 g/mol. The molecule has 0 amide bonds. The van der Waals surface area contributed by atoms with E-state index in [2.05, 4.69) is 10.4 Å². The molecule has 0 aliphatic carbocycles. The summed E-state index contributed by atoms with van der Waals surface area (Å²) >= 11 is 0. The Bertz CT molecular complexity index is 642. The molecule has 0 saturated heterocycles. The van der Waals surface area contributed by atoms with Crippen LogP contribution >= 0.6 is 0 Å². The van der Waals surface area contributed by atoms with Crippen molar-refractivity contribution in [3.05, 3.63) is 47.3 Å². The van der Waals surface area contributed by atoms with Gasteiger partial charge in [0.15, 0.2) is 0 Å². The molecule has 8 nitrogen and oxygen atoms in total. The third kappa shape index (κ3) is 4.38. The van der Waals surface area contributed by atoms with Crippen LogP contribution in [-0.2, 0) is 5.60 Å². The second-order valence-electron chi connectivity index (χ2n) is 5.43. The summed E-state index contributed by atoms with van der Waals surface area (Å²) < 4.78 is 27.4. The Balaban J connectivity index is 2.31. The van der Waals surface area contributed by atoms with Crippen LogP contribution in [0.1, 0.15) is 5.56 Å². The lowest BCUT2D eigenvalue weighted by atomic mass is 9.92. The maximum Gasteiger partial charge on any atom is 0.132 e. The van der Waals surface area contributed by atoms with E-state index in [1.807, 2.05) is 0 Å². The number of β-amino-alcohol motifs (C(OH)–C–C–N with tert-alkyl or cyclic N) is 1. The lowest BCUT2D eigenvalue weighted by Crippen LogP contribution is -2.51. The Kier molecular flexibility index (Phi) is 5.67. The predicted molar refractivity (Wildman–Crippen MR) is 83.7 cm³/mol. The highest BCUT2D eigenvalue weighted by atomic mass is 19.1. The molecule has 1 aromatic rings. The van der Waals surface area contributed by atoms with Crippen molar-refractivity contribution in [1.29, 1.82) is 0 Å². The minimum Gasteiger partial charge on any atom is -0.399 e. The van der Waals surface area contributed by atoms with Gasteiger partial charge in [0.05, 0.1) is 25.4 Å². The van der Waals surface area contributed by atoms with Crippen molar-refractivity contribution < 1.29 is 19.0 Å². The molecule has 1 aliphatic heterocycles. The lowest BCUT2D eigenvalue weighted by molar-refractivity contribution is -0.0152. The fraction of sp³-hybridized carbons (Fsp3) is 0.357. The van der Waals surface area contributed by atoms with Crippen molar-refractivity contribution >= 4 is 6.34 Å². The summed E-state index contributed by atoms with van der Waals surface area (Å²) in [6, 6.07) is 2.89. The van der Waals surface area contributed by atoms with Crippen LogP contribution in [0.25, 0.3) is 0 Å². The zero-order valence-electron chi connectivity index (χ0n) is 12.9. The number of hydrogen-bond donors (Lipinski definition) is 5. The number of halogens is 2. The standard InChI is InChI=1S/C14H20F2N6O2/c15-10-1-2-12(13(16)3-10)14(24,7-22-9-19-8-20-22)6-21(18)4-11(17)5-23/h1-4,9,20,23-24H,5-8,17-18H2/b11-4-. The van der Waals surface area contributed by atoms with Crippen LogP contribution in [-0.4, -0.2) is 52.9 Å². The Morgan fingerprint density at radius 2 is 2.25 bits per heavy atom. The van der Waals surface area contributed by atoms with E-state index in [1.54, 1.807) is 0 Å². The van der Waals surface area contributed by atoms with Gasteiger partial charge in [-0.2, -0.15) is 0 Å². The van der Waals surface area contributed by atoms with Crippen molar-refractivity contribution in [3.8, 4) is 0 Å². The van der Waals surface area contributed by atoms with Gasteiger partial charge < -0.3 is 21.0 Å². The highest BCUT2D eigenvalue weighted by molar-refractivity contribution is 5.56. The Morgan fingerprint density at radius 1 is 1.50 bits per heavy atom. The zero-order chi connectivity index (χ0) is 17.7. The van der Waals surface area contributed by atoms with Gasteiger partial charge >= 0.3 is 0 Å². The zero-order valence-corrected chi connectivity index (χ0v) is 12.9. The van der Waals surface area contributed by atoms with E-state index in [1.165, 1.54) is 17.5 Å². The Labute approximate surface area is 137 Å². The normalized spacial score (nSPS) is 17.2. The second kappa shape index (κ2) is 7.53. The summed E-state index contributed by atoms with van der Waals surface area (Å²) in [7, 11) is 0.